The van der Waals surface area contributed by atoms with Gasteiger partial charge in [0.2, 0.25) is 0 Å². The van der Waals surface area contributed by atoms with Crippen LogP contribution in [0.5, 0.6) is 0 Å². The van der Waals surface area contributed by atoms with Gasteiger partial charge >= 0.3 is 0 Å². The predicted octanol–water partition coefficient (Wildman–Crippen LogP) is 3.52. The van der Waals surface area contributed by atoms with Gasteiger partial charge in [0, 0.05) is 25.3 Å². The molecule has 0 radical (unpaired) electrons. The molecule has 1 unspecified atom stereocenters. The molecule has 0 bridgehead atoms. The van der Waals surface area contributed by atoms with Gasteiger partial charge in [-0.2, -0.15) is 11.3 Å². The Labute approximate surface area is 137 Å². The number of hydrogen-bond acceptors (Lipinski definition) is 5. The fraction of sp³-hybridized carbons (Fsp3) is 0.176. The molecule has 118 valence electrons. The van der Waals surface area contributed by atoms with E-state index < -0.39 is 0 Å². The van der Waals surface area contributed by atoms with Crippen LogP contribution in [0.2, 0.25) is 0 Å². The first kappa shape index (κ1) is 15.5. The van der Waals surface area contributed by atoms with Gasteiger partial charge in [-0.15, -0.1) is 0 Å². The van der Waals surface area contributed by atoms with Gasteiger partial charge in [0.15, 0.2) is 11.5 Å². The van der Waals surface area contributed by atoms with Gasteiger partial charge in [0.05, 0.1) is 0 Å². The second-order valence-corrected chi connectivity index (χ2v) is 5.71. The van der Waals surface area contributed by atoms with E-state index in [-0.39, 0.29) is 17.7 Å². The molecule has 1 aromatic carbocycles. The van der Waals surface area contributed by atoms with Crippen LogP contribution >= 0.6 is 11.3 Å². The Morgan fingerprint density at radius 1 is 1.35 bits per heavy atom. The summed E-state index contributed by atoms with van der Waals surface area (Å²) in [4.78, 5) is 12.2. The highest BCUT2D eigenvalue weighted by atomic mass is 32.1. The van der Waals surface area contributed by atoms with Crippen molar-refractivity contribution in [2.24, 2.45) is 0 Å². The molecular weight excluding hydrogens is 312 g/mol. The number of amides is 1. The maximum absolute atomic E-state index is 12.2. The standard InChI is InChI=1S/C17H16N2O3S/c1-21-16(13-7-8-23-11-13)10-18-17(20)14-9-15(22-19-14)12-5-3-2-4-6-12/h2-9,11,16H,10H2,1H3,(H,18,20). The van der Waals surface area contributed by atoms with Crippen molar-refractivity contribution in [3.05, 3.63) is 64.5 Å². The average molecular weight is 328 g/mol. The normalized spacial score (nSPS) is 12.0. The number of nitrogens with one attached hydrogen (secondary N) is 1. The highest BCUT2D eigenvalue weighted by Gasteiger charge is 2.16. The predicted molar refractivity (Wildman–Crippen MR) is 88.3 cm³/mol. The molecule has 1 amide bonds. The van der Waals surface area contributed by atoms with Crippen LogP contribution in [0.4, 0.5) is 0 Å². The monoisotopic (exact) mass is 328 g/mol. The van der Waals surface area contributed by atoms with E-state index in [1.54, 1.807) is 24.5 Å². The summed E-state index contributed by atoms with van der Waals surface area (Å²) >= 11 is 1.59. The maximum atomic E-state index is 12.2. The summed E-state index contributed by atoms with van der Waals surface area (Å²) in [5.74, 6) is 0.282. The molecule has 0 saturated heterocycles. The van der Waals surface area contributed by atoms with Crippen LogP contribution in [0.3, 0.4) is 0 Å². The molecule has 0 fully saturated rings. The highest BCUT2D eigenvalue weighted by molar-refractivity contribution is 7.07. The summed E-state index contributed by atoms with van der Waals surface area (Å²) < 4.78 is 10.6. The van der Waals surface area contributed by atoms with Crippen LogP contribution in [-0.2, 0) is 4.74 Å². The molecular formula is C17H16N2O3S. The van der Waals surface area contributed by atoms with Gasteiger partial charge in [-0.3, -0.25) is 4.79 Å². The van der Waals surface area contributed by atoms with Gasteiger partial charge in [-0.1, -0.05) is 35.5 Å². The third-order valence-electron chi connectivity index (χ3n) is 3.45. The molecule has 0 aliphatic rings. The average Bonchev–Trinajstić information content (AvgIpc) is 3.28. The molecule has 23 heavy (non-hydrogen) atoms. The zero-order chi connectivity index (χ0) is 16.1. The number of carbonyl (C=O) groups is 1. The number of methoxy groups -OCH3 is 1. The first-order valence-electron chi connectivity index (χ1n) is 7.13. The van der Waals surface area contributed by atoms with Crippen LogP contribution in [0, 0.1) is 0 Å². The molecule has 1 N–H and O–H groups in total. The van der Waals surface area contributed by atoms with Crippen molar-refractivity contribution in [1.82, 2.24) is 10.5 Å². The lowest BCUT2D eigenvalue weighted by Gasteiger charge is -2.14. The Bertz CT molecular complexity index is 753. The van der Waals surface area contributed by atoms with Crippen molar-refractivity contribution in [1.29, 1.82) is 0 Å². The van der Waals surface area contributed by atoms with E-state index in [4.69, 9.17) is 9.26 Å². The lowest BCUT2D eigenvalue weighted by Crippen LogP contribution is -2.29. The fourth-order valence-electron chi connectivity index (χ4n) is 2.19. The summed E-state index contributed by atoms with van der Waals surface area (Å²) in [7, 11) is 1.62. The zero-order valence-corrected chi connectivity index (χ0v) is 13.4. The molecule has 0 saturated carbocycles. The van der Waals surface area contributed by atoms with E-state index in [9.17, 15) is 4.79 Å². The molecule has 0 aliphatic heterocycles. The number of hydrogen-bond donors (Lipinski definition) is 1. The molecule has 3 aromatic rings. The largest absolute Gasteiger partial charge is 0.375 e. The Kier molecular flexibility index (Phi) is 4.85. The van der Waals surface area contributed by atoms with Gasteiger partial charge in [0.25, 0.3) is 5.91 Å². The Morgan fingerprint density at radius 3 is 2.87 bits per heavy atom. The maximum Gasteiger partial charge on any atom is 0.273 e. The van der Waals surface area contributed by atoms with Crippen LogP contribution < -0.4 is 5.32 Å². The molecule has 0 aliphatic carbocycles. The van der Waals surface area contributed by atoms with E-state index in [0.29, 0.717) is 12.3 Å². The van der Waals surface area contributed by atoms with Gasteiger partial charge < -0.3 is 14.6 Å². The van der Waals surface area contributed by atoms with Crippen LogP contribution in [0.15, 0.2) is 57.7 Å². The van der Waals surface area contributed by atoms with Gasteiger partial charge in [-0.25, -0.2) is 0 Å². The molecule has 3 rings (SSSR count). The summed E-state index contributed by atoms with van der Waals surface area (Å²) in [6.45, 7) is 0.375. The first-order chi connectivity index (χ1) is 11.3. The van der Waals surface area contributed by atoms with Crippen molar-refractivity contribution in [3.8, 4) is 11.3 Å². The van der Waals surface area contributed by atoms with Crippen molar-refractivity contribution >= 4 is 17.2 Å². The van der Waals surface area contributed by atoms with Crippen LogP contribution in [0.25, 0.3) is 11.3 Å². The number of nitrogens with zero attached hydrogens (tertiary/aromatic N) is 1. The van der Waals surface area contributed by atoms with Crippen LogP contribution in [-0.4, -0.2) is 24.7 Å². The lowest BCUT2D eigenvalue weighted by atomic mass is 10.1. The van der Waals surface area contributed by atoms with E-state index in [2.05, 4.69) is 10.5 Å². The van der Waals surface area contributed by atoms with Crippen molar-refractivity contribution < 1.29 is 14.1 Å². The number of benzene rings is 1. The SMILES string of the molecule is COC(CNC(=O)c1cc(-c2ccccc2)on1)c1ccsc1. The summed E-state index contributed by atoms with van der Waals surface area (Å²) in [5.41, 5.74) is 2.18. The number of thiophene rings is 1. The lowest BCUT2D eigenvalue weighted by molar-refractivity contribution is 0.0822. The molecule has 2 aromatic heterocycles. The van der Waals surface area contributed by atoms with Crippen molar-refractivity contribution in [2.45, 2.75) is 6.10 Å². The van der Waals surface area contributed by atoms with E-state index >= 15 is 0 Å². The quantitative estimate of drug-likeness (QED) is 0.752. The second kappa shape index (κ2) is 7.21. The van der Waals surface area contributed by atoms with Gasteiger partial charge in [0.1, 0.15) is 6.10 Å². The third kappa shape index (κ3) is 3.67. The fourth-order valence-corrected chi connectivity index (χ4v) is 2.89. The molecule has 5 nitrogen and oxygen atoms in total. The topological polar surface area (TPSA) is 64.4 Å². The summed E-state index contributed by atoms with van der Waals surface area (Å²) in [6.07, 6.45) is -0.175. The Hall–Kier alpha value is -2.44. The van der Waals surface area contributed by atoms with E-state index in [0.717, 1.165) is 11.1 Å². The van der Waals surface area contributed by atoms with Gasteiger partial charge in [-0.05, 0) is 22.4 Å². The number of aromatic nitrogens is 1. The smallest absolute Gasteiger partial charge is 0.273 e. The second-order valence-electron chi connectivity index (χ2n) is 4.93. The minimum atomic E-state index is -0.284. The minimum Gasteiger partial charge on any atom is -0.375 e. The third-order valence-corrected chi connectivity index (χ3v) is 4.15. The number of carbonyl (C=O) groups excluding carboxylic acids is 1. The zero-order valence-electron chi connectivity index (χ0n) is 12.6. The molecule has 2 heterocycles. The van der Waals surface area contributed by atoms with Crippen molar-refractivity contribution in [2.75, 3.05) is 13.7 Å². The summed E-state index contributed by atoms with van der Waals surface area (Å²) in [6, 6.07) is 13.1. The number of rotatable bonds is 6. The molecule has 0 spiro atoms. The highest BCUT2D eigenvalue weighted by Crippen LogP contribution is 2.21. The Morgan fingerprint density at radius 2 is 2.17 bits per heavy atom. The number of ether oxygens (including phenoxy) is 1. The van der Waals surface area contributed by atoms with Crippen LogP contribution in [0.1, 0.15) is 22.2 Å². The molecule has 6 heteroatoms. The first-order valence-corrected chi connectivity index (χ1v) is 8.07. The van der Waals surface area contributed by atoms with E-state index in [1.807, 2.05) is 47.2 Å². The minimum absolute atomic E-state index is 0.175. The summed E-state index contributed by atoms with van der Waals surface area (Å²) in [5, 5.41) is 10.6. The van der Waals surface area contributed by atoms with E-state index in [1.165, 1.54) is 0 Å². The Balaban J connectivity index is 1.64. The van der Waals surface area contributed by atoms with Crippen molar-refractivity contribution in [3.63, 3.8) is 0 Å². The molecule has 1 atom stereocenters.